The molecule has 0 bridgehead atoms. The zero-order chi connectivity index (χ0) is 18.3. The minimum absolute atomic E-state index is 0.0405. The van der Waals surface area contributed by atoms with E-state index in [0.29, 0.717) is 12.0 Å². The van der Waals surface area contributed by atoms with E-state index in [0.717, 1.165) is 3.58 Å². The van der Waals surface area contributed by atoms with Crippen LogP contribution in [0.15, 0.2) is 33.5 Å². The molecule has 3 atom stereocenters. The van der Waals surface area contributed by atoms with Crippen LogP contribution in [0, 0.1) is 16.0 Å². The molecule has 132 valence electrons. The second-order valence-electron chi connectivity index (χ2n) is 6.00. The van der Waals surface area contributed by atoms with Crippen LogP contribution in [0.1, 0.15) is 18.9 Å². The first-order valence-electron chi connectivity index (χ1n) is 7.61. The molecule has 0 spiro atoms. The predicted octanol–water partition coefficient (Wildman–Crippen LogP) is 1.90. The standard InChI is InChI=1S/C16H15IN2O6/c1-8(20)13-12-6-11(17)14(18(12)15(13)21)16(22)25-7-9-2-4-10(5-3-9)19(23)24/h2-5,8,12-13,20H,6-7H2,1H3. The van der Waals surface area contributed by atoms with Crippen LogP contribution >= 0.6 is 22.6 Å². The highest BCUT2D eigenvalue weighted by Crippen LogP contribution is 2.45. The second kappa shape index (κ2) is 6.71. The van der Waals surface area contributed by atoms with Crippen molar-refractivity contribution in [1.82, 2.24) is 4.90 Å². The van der Waals surface area contributed by atoms with E-state index in [1.807, 2.05) is 22.6 Å². The molecule has 2 aliphatic rings. The molecule has 9 heteroatoms. The number of aliphatic hydroxyl groups excluding tert-OH is 1. The van der Waals surface area contributed by atoms with Crippen molar-refractivity contribution < 1.29 is 24.4 Å². The van der Waals surface area contributed by atoms with Crippen molar-refractivity contribution in [3.63, 3.8) is 0 Å². The first-order chi connectivity index (χ1) is 11.8. The number of nitrogens with zero attached hydrogens (tertiary/aromatic N) is 2. The van der Waals surface area contributed by atoms with Gasteiger partial charge >= 0.3 is 5.97 Å². The molecule has 0 saturated carbocycles. The summed E-state index contributed by atoms with van der Waals surface area (Å²) in [7, 11) is 0. The van der Waals surface area contributed by atoms with Crippen molar-refractivity contribution in [2.45, 2.75) is 32.1 Å². The average molecular weight is 458 g/mol. The van der Waals surface area contributed by atoms with Crippen molar-refractivity contribution in [2.24, 2.45) is 5.92 Å². The van der Waals surface area contributed by atoms with E-state index in [1.54, 1.807) is 6.92 Å². The molecule has 8 nitrogen and oxygen atoms in total. The van der Waals surface area contributed by atoms with Gasteiger partial charge in [-0.25, -0.2) is 4.79 Å². The summed E-state index contributed by atoms with van der Waals surface area (Å²) in [6.07, 6.45) is -0.225. The van der Waals surface area contributed by atoms with Gasteiger partial charge in [-0.1, -0.05) is 0 Å². The van der Waals surface area contributed by atoms with Crippen LogP contribution in [-0.2, 0) is 20.9 Å². The van der Waals surface area contributed by atoms with E-state index in [1.165, 1.54) is 29.2 Å². The molecule has 2 heterocycles. The predicted molar refractivity (Wildman–Crippen MR) is 94.4 cm³/mol. The van der Waals surface area contributed by atoms with Gasteiger partial charge in [-0.05, 0) is 47.2 Å². The lowest BCUT2D eigenvalue weighted by molar-refractivity contribution is -0.384. The van der Waals surface area contributed by atoms with Crippen LogP contribution < -0.4 is 0 Å². The Kier molecular flexibility index (Phi) is 4.78. The van der Waals surface area contributed by atoms with Crippen LogP contribution in [0.25, 0.3) is 0 Å². The van der Waals surface area contributed by atoms with E-state index >= 15 is 0 Å². The number of ether oxygens (including phenoxy) is 1. The molecule has 0 aliphatic carbocycles. The van der Waals surface area contributed by atoms with Gasteiger partial charge in [0.05, 0.1) is 23.0 Å². The number of hydrogen-bond acceptors (Lipinski definition) is 6. The van der Waals surface area contributed by atoms with E-state index in [4.69, 9.17) is 4.74 Å². The lowest BCUT2D eigenvalue weighted by atomic mass is 9.83. The molecule has 1 fully saturated rings. The molecule has 3 unspecified atom stereocenters. The van der Waals surface area contributed by atoms with Crippen molar-refractivity contribution in [3.8, 4) is 0 Å². The zero-order valence-corrected chi connectivity index (χ0v) is 15.4. The number of carbonyl (C=O) groups is 2. The fourth-order valence-corrected chi connectivity index (χ4v) is 4.07. The number of fused-ring (bicyclic) bond motifs is 1. The van der Waals surface area contributed by atoms with Gasteiger partial charge in [0.15, 0.2) is 0 Å². The number of rotatable bonds is 5. The van der Waals surface area contributed by atoms with Crippen LogP contribution in [-0.4, -0.2) is 39.0 Å². The summed E-state index contributed by atoms with van der Waals surface area (Å²) in [6, 6.07) is 5.51. The summed E-state index contributed by atoms with van der Waals surface area (Å²) in [5, 5.41) is 20.3. The number of esters is 1. The summed E-state index contributed by atoms with van der Waals surface area (Å²) in [5.41, 5.74) is 0.802. The molecule has 1 amide bonds. The van der Waals surface area contributed by atoms with Crippen molar-refractivity contribution in [1.29, 1.82) is 0 Å². The highest BCUT2D eigenvalue weighted by atomic mass is 127. The Morgan fingerprint density at radius 1 is 1.48 bits per heavy atom. The van der Waals surface area contributed by atoms with Crippen molar-refractivity contribution >= 4 is 40.2 Å². The molecule has 1 saturated heterocycles. The molecule has 1 N–H and O–H groups in total. The van der Waals surface area contributed by atoms with Gasteiger partial charge in [0.2, 0.25) is 5.91 Å². The Bertz CT molecular complexity index is 773. The maximum atomic E-state index is 12.4. The Morgan fingerprint density at radius 2 is 2.12 bits per heavy atom. The third kappa shape index (κ3) is 3.13. The Hall–Kier alpha value is -2.01. The largest absolute Gasteiger partial charge is 0.456 e. The summed E-state index contributed by atoms with van der Waals surface area (Å²) >= 11 is 2.02. The monoisotopic (exact) mass is 458 g/mol. The van der Waals surface area contributed by atoms with Gasteiger partial charge in [0.1, 0.15) is 12.3 Å². The maximum Gasteiger partial charge on any atom is 0.356 e. The number of amides is 1. The highest BCUT2D eigenvalue weighted by molar-refractivity contribution is 14.1. The number of non-ortho nitro benzene ring substituents is 1. The Morgan fingerprint density at radius 3 is 2.68 bits per heavy atom. The molecule has 3 rings (SSSR count). The van der Waals surface area contributed by atoms with Crippen LogP contribution in [0.4, 0.5) is 5.69 Å². The summed E-state index contributed by atoms with van der Waals surface area (Å²) in [6.45, 7) is 1.52. The summed E-state index contributed by atoms with van der Waals surface area (Å²) < 4.78 is 5.98. The number of carbonyl (C=O) groups excluding carboxylic acids is 2. The molecule has 0 radical (unpaired) electrons. The van der Waals surface area contributed by atoms with Crippen LogP contribution in [0.3, 0.4) is 0 Å². The molecular weight excluding hydrogens is 443 g/mol. The quantitative estimate of drug-likeness (QED) is 0.237. The first-order valence-corrected chi connectivity index (χ1v) is 8.69. The van der Waals surface area contributed by atoms with Crippen LogP contribution in [0.5, 0.6) is 0 Å². The van der Waals surface area contributed by atoms with E-state index < -0.39 is 22.9 Å². The third-order valence-corrected chi connectivity index (χ3v) is 5.34. The topological polar surface area (TPSA) is 110 Å². The van der Waals surface area contributed by atoms with Gasteiger partial charge < -0.3 is 14.7 Å². The number of aliphatic hydroxyl groups is 1. The average Bonchev–Trinajstić information content (AvgIpc) is 2.85. The number of halogens is 1. The number of hydrogen-bond donors (Lipinski definition) is 1. The van der Waals surface area contributed by atoms with Crippen molar-refractivity contribution in [3.05, 3.63) is 49.2 Å². The number of β-lactam (4-membered cyclic amide) rings is 1. The van der Waals surface area contributed by atoms with Gasteiger partial charge in [-0.3, -0.25) is 14.9 Å². The minimum Gasteiger partial charge on any atom is -0.456 e. The van der Waals surface area contributed by atoms with Crippen LogP contribution in [0.2, 0.25) is 0 Å². The summed E-state index contributed by atoms with van der Waals surface area (Å²) in [5.74, 6) is -1.36. The lowest BCUT2D eigenvalue weighted by Crippen LogP contribution is -2.61. The molecule has 1 aromatic carbocycles. The second-order valence-corrected chi connectivity index (χ2v) is 7.30. The van der Waals surface area contributed by atoms with E-state index in [2.05, 4.69) is 0 Å². The molecule has 1 aromatic rings. The molecule has 2 aliphatic heterocycles. The maximum absolute atomic E-state index is 12.4. The lowest BCUT2D eigenvalue weighted by Gasteiger charge is -2.44. The SMILES string of the molecule is CC(O)C1C(=O)N2C(C(=O)OCc3ccc([N+](=O)[O-])cc3)=C(I)CC12. The first kappa shape index (κ1) is 17.8. The number of nitro groups is 1. The number of benzene rings is 1. The van der Waals surface area contributed by atoms with Crippen molar-refractivity contribution in [2.75, 3.05) is 0 Å². The fourth-order valence-electron chi connectivity index (χ4n) is 3.14. The van der Waals surface area contributed by atoms with Gasteiger partial charge in [0.25, 0.3) is 5.69 Å². The third-order valence-electron chi connectivity index (χ3n) is 4.39. The smallest absolute Gasteiger partial charge is 0.356 e. The van der Waals surface area contributed by atoms with Gasteiger partial charge in [-0.15, -0.1) is 0 Å². The number of nitro benzene ring substituents is 1. The normalized spacial score (nSPS) is 23.2. The Balaban J connectivity index is 1.65. The zero-order valence-electron chi connectivity index (χ0n) is 13.2. The Labute approximate surface area is 156 Å². The van der Waals surface area contributed by atoms with Gasteiger partial charge in [-0.2, -0.15) is 0 Å². The summed E-state index contributed by atoms with van der Waals surface area (Å²) in [4.78, 5) is 36.1. The molecular formula is C16H15IN2O6. The molecule has 0 aromatic heterocycles. The molecule has 25 heavy (non-hydrogen) atoms. The highest BCUT2D eigenvalue weighted by Gasteiger charge is 2.56. The van der Waals surface area contributed by atoms with E-state index in [9.17, 15) is 24.8 Å². The van der Waals surface area contributed by atoms with Gasteiger partial charge in [0, 0.05) is 22.1 Å². The minimum atomic E-state index is -0.756. The fraction of sp³-hybridized carbons (Fsp3) is 0.375. The van der Waals surface area contributed by atoms with E-state index in [-0.39, 0.29) is 29.9 Å².